The Morgan fingerprint density at radius 3 is 2.65 bits per heavy atom. The van der Waals surface area contributed by atoms with Crippen LogP contribution in [0, 0.1) is 25.7 Å². The number of aryl methyl sites for hydroxylation is 2. The van der Waals surface area contributed by atoms with Crippen molar-refractivity contribution >= 4 is 21.6 Å². The summed E-state index contributed by atoms with van der Waals surface area (Å²) in [5.41, 5.74) is 2.60. The summed E-state index contributed by atoms with van der Waals surface area (Å²) in [4.78, 5) is 15.3. The molecule has 1 aliphatic rings. The third-order valence-corrected chi connectivity index (χ3v) is 6.96. The summed E-state index contributed by atoms with van der Waals surface area (Å²) >= 11 is 0. The smallest absolute Gasteiger partial charge is 0.261 e. The number of carbonyl (C=O) groups is 1. The Morgan fingerprint density at radius 2 is 1.94 bits per heavy atom. The second kappa shape index (κ2) is 9.83. The van der Waals surface area contributed by atoms with Crippen molar-refractivity contribution in [2.45, 2.75) is 39.0 Å². The van der Waals surface area contributed by atoms with Gasteiger partial charge in [0.15, 0.2) is 0 Å². The lowest BCUT2D eigenvalue weighted by Crippen LogP contribution is -2.32. The van der Waals surface area contributed by atoms with Crippen molar-refractivity contribution in [3.05, 3.63) is 59.2 Å². The van der Waals surface area contributed by atoms with Crippen LogP contribution >= 0.6 is 0 Å². The van der Waals surface area contributed by atoms with E-state index in [1.54, 1.807) is 24.3 Å². The fourth-order valence-corrected chi connectivity index (χ4v) is 5.10. The lowest BCUT2D eigenvalue weighted by atomic mass is 10.1. The van der Waals surface area contributed by atoms with E-state index in [0.717, 1.165) is 37.2 Å². The van der Waals surface area contributed by atoms with Crippen molar-refractivity contribution in [3.8, 4) is 0 Å². The topological polar surface area (TPSA) is 78.5 Å². The van der Waals surface area contributed by atoms with Crippen LogP contribution in [0.1, 0.15) is 41.8 Å². The van der Waals surface area contributed by atoms with E-state index in [4.69, 9.17) is 0 Å². The Hall–Kier alpha value is -2.38. The maximum absolute atomic E-state index is 12.8. The van der Waals surface area contributed by atoms with Gasteiger partial charge in [-0.3, -0.25) is 9.52 Å². The third-order valence-electron chi connectivity index (χ3n) is 5.58. The number of nitrogens with one attached hydrogen (secondary N) is 2. The quantitative estimate of drug-likeness (QED) is 0.650. The Kier molecular flexibility index (Phi) is 7.38. The molecule has 7 heteroatoms. The minimum Gasteiger partial charge on any atom is -0.352 e. The predicted molar refractivity (Wildman–Crippen MR) is 125 cm³/mol. The molecule has 6 nitrogen and oxygen atoms in total. The second-order valence-electron chi connectivity index (χ2n) is 8.97. The average Bonchev–Trinajstić information content (AvgIpc) is 3.12. The Bertz CT molecular complexity index is 1030. The van der Waals surface area contributed by atoms with E-state index >= 15 is 0 Å². The van der Waals surface area contributed by atoms with Gasteiger partial charge in [0.1, 0.15) is 0 Å². The molecule has 2 aromatic carbocycles. The fourth-order valence-electron chi connectivity index (χ4n) is 4.03. The zero-order valence-electron chi connectivity index (χ0n) is 18.8. The van der Waals surface area contributed by atoms with Gasteiger partial charge in [-0.2, -0.15) is 0 Å². The number of hydrogen-bond donors (Lipinski definition) is 2. The van der Waals surface area contributed by atoms with E-state index in [9.17, 15) is 13.2 Å². The maximum atomic E-state index is 12.8. The van der Waals surface area contributed by atoms with Gasteiger partial charge in [0.05, 0.1) is 4.90 Å². The minimum atomic E-state index is -3.79. The molecule has 2 aromatic rings. The number of carbonyl (C=O) groups excluding carboxylic acids is 1. The first-order chi connectivity index (χ1) is 14.6. The van der Waals surface area contributed by atoms with Crippen molar-refractivity contribution in [2.24, 2.45) is 11.8 Å². The summed E-state index contributed by atoms with van der Waals surface area (Å²) in [5.74, 6) is 0.833. The van der Waals surface area contributed by atoms with E-state index in [1.165, 1.54) is 12.1 Å². The van der Waals surface area contributed by atoms with Crippen LogP contribution in [0.4, 0.5) is 5.69 Å². The van der Waals surface area contributed by atoms with Gasteiger partial charge in [0.2, 0.25) is 0 Å². The van der Waals surface area contributed by atoms with Crippen LogP contribution in [0.5, 0.6) is 0 Å². The molecular formula is C24H33N3O3S. The molecule has 0 unspecified atom stereocenters. The summed E-state index contributed by atoms with van der Waals surface area (Å²) in [6, 6.07) is 11.8. The van der Waals surface area contributed by atoms with Crippen LogP contribution in [0.25, 0.3) is 0 Å². The first-order valence-corrected chi connectivity index (χ1v) is 12.3. The number of rotatable bonds is 8. The molecule has 2 N–H and O–H groups in total. The van der Waals surface area contributed by atoms with E-state index in [0.29, 0.717) is 29.6 Å². The molecule has 1 atom stereocenters. The highest BCUT2D eigenvalue weighted by Gasteiger charge is 2.24. The highest BCUT2D eigenvalue weighted by molar-refractivity contribution is 7.92. The minimum absolute atomic E-state index is 0.0775. The Morgan fingerprint density at radius 1 is 1.16 bits per heavy atom. The van der Waals surface area contributed by atoms with E-state index in [-0.39, 0.29) is 10.8 Å². The highest BCUT2D eigenvalue weighted by Crippen LogP contribution is 2.21. The van der Waals surface area contributed by atoms with Crippen molar-refractivity contribution in [1.29, 1.82) is 0 Å². The molecule has 0 radical (unpaired) electrons. The van der Waals surface area contributed by atoms with Crippen molar-refractivity contribution in [3.63, 3.8) is 0 Å². The first kappa shape index (κ1) is 23.3. The number of anilines is 1. The largest absolute Gasteiger partial charge is 0.352 e. The van der Waals surface area contributed by atoms with E-state index in [1.807, 2.05) is 19.9 Å². The van der Waals surface area contributed by atoms with Crippen LogP contribution < -0.4 is 10.0 Å². The summed E-state index contributed by atoms with van der Waals surface area (Å²) in [6.07, 6.45) is 1.07. The summed E-state index contributed by atoms with van der Waals surface area (Å²) < 4.78 is 28.3. The zero-order valence-corrected chi connectivity index (χ0v) is 19.6. The van der Waals surface area contributed by atoms with Crippen molar-refractivity contribution < 1.29 is 13.2 Å². The van der Waals surface area contributed by atoms with Gasteiger partial charge in [-0.15, -0.1) is 0 Å². The molecule has 1 heterocycles. The summed E-state index contributed by atoms with van der Waals surface area (Å²) in [6.45, 7) is 11.9. The van der Waals surface area contributed by atoms with E-state index < -0.39 is 10.0 Å². The molecule has 0 saturated carbocycles. The van der Waals surface area contributed by atoms with Gasteiger partial charge in [-0.25, -0.2) is 8.42 Å². The van der Waals surface area contributed by atoms with Crippen molar-refractivity contribution in [1.82, 2.24) is 10.2 Å². The number of hydrogen-bond acceptors (Lipinski definition) is 4. The first-order valence-electron chi connectivity index (χ1n) is 10.8. The SMILES string of the molecule is Cc1cccc(NS(=O)(=O)c2ccc(C)c(C(=O)NC[C@@H]3CCN(CC(C)C)C3)c2)c1. The van der Waals surface area contributed by atoms with Gasteiger partial charge >= 0.3 is 0 Å². The molecule has 0 spiro atoms. The maximum Gasteiger partial charge on any atom is 0.261 e. The zero-order chi connectivity index (χ0) is 22.6. The van der Waals surface area contributed by atoms with Gasteiger partial charge in [0.25, 0.3) is 15.9 Å². The van der Waals surface area contributed by atoms with Crippen LogP contribution in [-0.4, -0.2) is 45.4 Å². The highest BCUT2D eigenvalue weighted by atomic mass is 32.2. The van der Waals surface area contributed by atoms with Crippen LogP contribution in [-0.2, 0) is 10.0 Å². The molecule has 168 valence electrons. The van der Waals surface area contributed by atoms with E-state index in [2.05, 4.69) is 28.8 Å². The molecule has 0 bridgehead atoms. The molecular weight excluding hydrogens is 410 g/mol. The third kappa shape index (κ3) is 6.31. The van der Waals surface area contributed by atoms with Gasteiger partial charge in [0, 0.05) is 30.9 Å². The number of sulfonamides is 1. The normalized spacial score (nSPS) is 17.1. The molecule has 1 aliphatic heterocycles. The summed E-state index contributed by atoms with van der Waals surface area (Å²) in [5, 5.41) is 3.01. The Balaban J connectivity index is 1.67. The number of benzene rings is 2. The fraction of sp³-hybridized carbons (Fsp3) is 0.458. The molecule has 1 saturated heterocycles. The molecule has 1 fully saturated rings. The molecule has 0 aromatic heterocycles. The van der Waals surface area contributed by atoms with Crippen molar-refractivity contribution in [2.75, 3.05) is 30.9 Å². The predicted octanol–water partition coefficient (Wildman–Crippen LogP) is 3.81. The lowest BCUT2D eigenvalue weighted by molar-refractivity contribution is 0.0946. The van der Waals surface area contributed by atoms with Gasteiger partial charge in [-0.1, -0.05) is 32.0 Å². The number of likely N-dealkylation sites (tertiary alicyclic amines) is 1. The number of nitrogens with zero attached hydrogens (tertiary/aromatic N) is 1. The Labute approximate surface area is 186 Å². The lowest BCUT2D eigenvalue weighted by Gasteiger charge is -2.18. The monoisotopic (exact) mass is 443 g/mol. The second-order valence-corrected chi connectivity index (χ2v) is 10.7. The summed E-state index contributed by atoms with van der Waals surface area (Å²) in [7, 11) is -3.79. The number of amides is 1. The standard InChI is InChI=1S/C24H33N3O3S/c1-17(2)15-27-11-10-20(16-27)14-25-24(28)23-13-22(9-8-19(23)4)31(29,30)26-21-7-5-6-18(3)12-21/h5-9,12-13,17,20,26H,10-11,14-16H2,1-4H3,(H,25,28)/t20-/m0/s1. The van der Waals surface area contributed by atoms with Crippen LogP contribution in [0.15, 0.2) is 47.4 Å². The average molecular weight is 444 g/mol. The van der Waals surface area contributed by atoms with Crippen LogP contribution in [0.3, 0.4) is 0 Å². The van der Waals surface area contributed by atoms with Gasteiger partial charge in [-0.05, 0) is 74.0 Å². The molecule has 31 heavy (non-hydrogen) atoms. The van der Waals surface area contributed by atoms with Gasteiger partial charge < -0.3 is 10.2 Å². The molecule has 0 aliphatic carbocycles. The van der Waals surface area contributed by atoms with Crippen LogP contribution in [0.2, 0.25) is 0 Å². The molecule has 1 amide bonds. The molecule has 3 rings (SSSR count).